The molecule has 0 aromatic heterocycles. The Hall–Kier alpha value is -4.91. The molecule has 0 aliphatic carbocycles. The first-order valence-electron chi connectivity index (χ1n) is 11.5. The van der Waals surface area contributed by atoms with Gasteiger partial charge in [-0.1, -0.05) is 99.6 Å². The molecule has 0 fully saturated rings. The molecule has 42 heavy (non-hydrogen) atoms. The number of carbonyl (C=O) groups excluding carboxylic acids is 4. The average Bonchev–Trinajstić information content (AvgIpc) is 2.95. The largest absolute Gasteiger partial charge is 3.00 e. The Morgan fingerprint density at radius 3 is 1.14 bits per heavy atom. The SMILES string of the molecule is C=CC(=O)OC(C)(C)C.C=CC(=O)[O-].C=CC(=O)[O-].C=CC(=O)[O-].C=Cc1ccccc1.OC=Cc1ccccc1.[Al+3]. The molecule has 0 aliphatic heterocycles. The van der Waals surface area contributed by atoms with Crippen molar-refractivity contribution in [2.75, 3.05) is 0 Å². The van der Waals surface area contributed by atoms with Crippen LogP contribution in [0.2, 0.25) is 0 Å². The molecule has 0 saturated heterocycles. The first kappa shape index (κ1) is 46.9. The summed E-state index contributed by atoms with van der Waals surface area (Å²) in [7, 11) is 0. The Morgan fingerprint density at radius 2 is 0.976 bits per heavy atom. The molecule has 0 aliphatic rings. The van der Waals surface area contributed by atoms with E-state index < -0.39 is 23.5 Å². The molecule has 10 heteroatoms. The Bertz CT molecular complexity index is 1040. The standard InChI is InChI=1S/C8H8O.C8H8.C7H12O2.3C3H4O2.Al/c9-7-6-8-4-2-1-3-5-8;1-2-8-6-4-3-5-7-8;1-5-6(8)9-7(2,3)4;3*1-2-3(4)5;/h1-7,9H;2-7H,1H2;5H,1H2,2-4H3;3*2H,1H2,(H,4,5);/q;;;;;;+3/p-3. The quantitative estimate of drug-likeness (QED) is 0.229. The van der Waals surface area contributed by atoms with E-state index in [1.54, 1.807) is 6.08 Å². The van der Waals surface area contributed by atoms with Gasteiger partial charge in [-0.3, -0.25) is 0 Å². The van der Waals surface area contributed by atoms with Gasteiger partial charge in [0.1, 0.15) is 5.60 Å². The summed E-state index contributed by atoms with van der Waals surface area (Å²) < 4.78 is 4.83. The fourth-order valence-electron chi connectivity index (χ4n) is 1.58. The molecule has 0 bridgehead atoms. The number of ether oxygens (including phenoxy) is 1. The van der Waals surface area contributed by atoms with Crippen LogP contribution in [0.3, 0.4) is 0 Å². The third-order valence-corrected chi connectivity index (χ3v) is 3.18. The second kappa shape index (κ2) is 32.3. The van der Waals surface area contributed by atoms with E-state index in [9.17, 15) is 4.79 Å². The number of aliphatic hydroxyl groups is 1. The van der Waals surface area contributed by atoms with Crippen LogP contribution in [-0.4, -0.2) is 51.9 Å². The first-order chi connectivity index (χ1) is 19.1. The third kappa shape index (κ3) is 48.2. The zero-order valence-corrected chi connectivity index (χ0v) is 25.3. The van der Waals surface area contributed by atoms with Gasteiger partial charge in [0.2, 0.25) is 0 Å². The van der Waals surface area contributed by atoms with E-state index in [1.165, 1.54) is 5.56 Å². The van der Waals surface area contributed by atoms with Crippen molar-refractivity contribution in [2.24, 2.45) is 0 Å². The van der Waals surface area contributed by atoms with Gasteiger partial charge < -0.3 is 39.5 Å². The summed E-state index contributed by atoms with van der Waals surface area (Å²) in [5.74, 6) is -4.07. The van der Waals surface area contributed by atoms with E-state index in [-0.39, 0.29) is 23.3 Å². The number of aliphatic hydroxyl groups excluding tert-OH is 1. The fraction of sp³-hybridized carbons (Fsp3) is 0.125. The average molecular weight is 593 g/mol. The van der Waals surface area contributed by atoms with Gasteiger partial charge in [0.15, 0.2) is 0 Å². The summed E-state index contributed by atoms with van der Waals surface area (Å²) in [6.45, 7) is 21.0. The van der Waals surface area contributed by atoms with Crippen LogP contribution in [0, 0.1) is 0 Å². The normalized spacial score (nSPS) is 8.36. The third-order valence-electron chi connectivity index (χ3n) is 3.18. The maximum absolute atomic E-state index is 10.5. The minimum atomic E-state index is -1.23. The maximum atomic E-state index is 10.5. The van der Waals surface area contributed by atoms with E-state index in [4.69, 9.17) is 39.5 Å². The molecule has 222 valence electrons. The van der Waals surface area contributed by atoms with Crippen molar-refractivity contribution in [1.82, 2.24) is 0 Å². The number of carboxylic acid groups (broad SMARTS) is 3. The summed E-state index contributed by atoms with van der Waals surface area (Å²) in [6.07, 6.45) is 7.83. The van der Waals surface area contributed by atoms with Crippen LogP contribution in [-0.2, 0) is 23.9 Å². The zero-order chi connectivity index (χ0) is 32.7. The minimum absolute atomic E-state index is 0. The molecule has 9 nitrogen and oxygen atoms in total. The van der Waals surface area contributed by atoms with Crippen LogP contribution in [0.1, 0.15) is 31.9 Å². The molecule has 0 saturated carbocycles. The Morgan fingerprint density at radius 1 is 0.667 bits per heavy atom. The molecule has 0 radical (unpaired) electrons. The van der Waals surface area contributed by atoms with E-state index in [0.29, 0.717) is 0 Å². The number of benzene rings is 2. The number of carbonyl (C=O) groups is 4. The van der Waals surface area contributed by atoms with E-state index in [0.717, 1.165) is 36.1 Å². The second-order valence-electron chi connectivity index (χ2n) is 7.65. The van der Waals surface area contributed by atoms with Crippen LogP contribution >= 0.6 is 0 Å². The van der Waals surface area contributed by atoms with Crippen molar-refractivity contribution in [2.45, 2.75) is 26.4 Å². The predicted molar refractivity (Wildman–Crippen MR) is 162 cm³/mol. The summed E-state index contributed by atoms with van der Waals surface area (Å²) in [5.41, 5.74) is 1.79. The van der Waals surface area contributed by atoms with Gasteiger partial charge in [0, 0.05) is 6.08 Å². The summed E-state index contributed by atoms with van der Waals surface area (Å²) in [5, 5.41) is 35.8. The fourth-order valence-corrected chi connectivity index (χ4v) is 1.58. The molecule has 0 atom stereocenters. The van der Waals surface area contributed by atoms with Crippen molar-refractivity contribution in [1.29, 1.82) is 0 Å². The maximum Gasteiger partial charge on any atom is 3.00 e. The summed E-state index contributed by atoms with van der Waals surface area (Å²) >= 11 is 0. The van der Waals surface area contributed by atoms with Crippen LogP contribution in [0.25, 0.3) is 12.2 Å². The molecule has 1 N–H and O–H groups in total. The zero-order valence-electron chi connectivity index (χ0n) is 24.1. The number of carboxylic acids is 3. The molecule has 2 rings (SSSR count). The minimum Gasteiger partial charge on any atom is -0.545 e. The Balaban J connectivity index is -0.000000133. The molecule has 2 aromatic rings. The smallest absolute Gasteiger partial charge is 0.545 e. The van der Waals surface area contributed by atoms with Gasteiger partial charge in [-0.2, -0.15) is 0 Å². The van der Waals surface area contributed by atoms with E-state index in [1.807, 2.05) is 87.5 Å². The Kier molecular flexibility index (Phi) is 36.1. The molecule has 2 aromatic carbocycles. The number of hydrogen-bond donors (Lipinski definition) is 1. The Labute approximate surface area is 258 Å². The van der Waals surface area contributed by atoms with E-state index >= 15 is 0 Å². The van der Waals surface area contributed by atoms with Gasteiger partial charge in [-0.15, -0.1) is 0 Å². The van der Waals surface area contributed by atoms with Gasteiger partial charge in [-0.25, -0.2) is 4.79 Å². The number of rotatable bonds is 6. The van der Waals surface area contributed by atoms with Gasteiger partial charge in [0.25, 0.3) is 0 Å². The predicted octanol–water partition coefficient (Wildman–Crippen LogP) is 2.45. The van der Waals surface area contributed by atoms with Crippen molar-refractivity contribution >= 4 is 53.4 Å². The van der Waals surface area contributed by atoms with Gasteiger partial charge >= 0.3 is 23.3 Å². The van der Waals surface area contributed by atoms with Crippen LogP contribution < -0.4 is 15.3 Å². The molecule has 0 spiro atoms. The monoisotopic (exact) mass is 592 g/mol. The van der Waals surface area contributed by atoms with Crippen molar-refractivity contribution in [3.05, 3.63) is 135 Å². The topological polar surface area (TPSA) is 167 Å². The summed E-state index contributed by atoms with van der Waals surface area (Å²) in [6, 6.07) is 19.7. The van der Waals surface area contributed by atoms with Crippen LogP contribution in [0.4, 0.5) is 0 Å². The van der Waals surface area contributed by atoms with Gasteiger partial charge in [-0.05, 0) is 56.2 Å². The number of aliphatic carboxylic acids is 3. The van der Waals surface area contributed by atoms with Crippen LogP contribution in [0.5, 0.6) is 0 Å². The first-order valence-corrected chi connectivity index (χ1v) is 11.5. The van der Waals surface area contributed by atoms with Crippen molar-refractivity contribution in [3.63, 3.8) is 0 Å². The number of esters is 1. The molecule has 0 unspecified atom stereocenters. The van der Waals surface area contributed by atoms with Crippen molar-refractivity contribution in [3.8, 4) is 0 Å². The molecule has 0 amide bonds. The van der Waals surface area contributed by atoms with Crippen LogP contribution in [0.15, 0.2) is 124 Å². The molecular weight excluding hydrogens is 555 g/mol. The molecular formula is C32H37AlO9. The second-order valence-corrected chi connectivity index (χ2v) is 7.65. The van der Waals surface area contributed by atoms with Crippen molar-refractivity contribution < 1.29 is 44.3 Å². The van der Waals surface area contributed by atoms with Gasteiger partial charge in [0.05, 0.1) is 24.2 Å². The summed E-state index contributed by atoms with van der Waals surface area (Å²) in [4.78, 5) is 37.9. The van der Waals surface area contributed by atoms with E-state index in [2.05, 4.69) is 32.9 Å². The number of hydrogen-bond acceptors (Lipinski definition) is 9. The molecule has 0 heterocycles.